The van der Waals surface area contributed by atoms with E-state index in [1.807, 2.05) is 19.1 Å². The summed E-state index contributed by atoms with van der Waals surface area (Å²) >= 11 is 6.47. The lowest BCUT2D eigenvalue weighted by Crippen LogP contribution is -2.54. The second-order valence-corrected chi connectivity index (χ2v) is 12.3. The summed E-state index contributed by atoms with van der Waals surface area (Å²) in [5, 5.41) is 3.62. The van der Waals surface area contributed by atoms with Gasteiger partial charge in [0.1, 0.15) is 12.6 Å². The quantitative estimate of drug-likeness (QED) is 0.310. The molecule has 0 radical (unpaired) electrons. The van der Waals surface area contributed by atoms with Gasteiger partial charge in [-0.1, -0.05) is 92.4 Å². The van der Waals surface area contributed by atoms with Crippen LogP contribution in [0.3, 0.4) is 0 Å². The number of anilines is 1. The second-order valence-electron chi connectivity index (χ2n) is 10.0. The van der Waals surface area contributed by atoms with Crippen LogP contribution in [0.4, 0.5) is 5.69 Å². The van der Waals surface area contributed by atoms with Gasteiger partial charge in [-0.15, -0.1) is 0 Å². The van der Waals surface area contributed by atoms with Crippen molar-refractivity contribution in [1.29, 1.82) is 0 Å². The Morgan fingerprint density at radius 1 is 0.900 bits per heavy atom. The van der Waals surface area contributed by atoms with Crippen LogP contribution in [-0.4, -0.2) is 43.8 Å². The molecule has 1 fully saturated rings. The molecule has 3 aromatic carbocycles. The van der Waals surface area contributed by atoms with E-state index in [1.165, 1.54) is 17.0 Å². The Morgan fingerprint density at radius 3 is 2.12 bits per heavy atom. The first-order chi connectivity index (χ1) is 19.3. The standard InChI is InChI=1S/C31H36ClN3O4S/c1-2-29(31(37)33-25-15-6-3-7-16-25)34(22-24-14-12-13-21-28(24)32)30(36)23-35(26-17-8-4-9-18-26)40(38,39)27-19-10-5-11-20-27/h4-5,8-14,17-21,25,29H,2-3,6-7,15-16,22-23H2,1H3,(H,33,37)/t29-/m1/s1. The number of carbonyl (C=O) groups is 2. The first kappa shape index (κ1) is 29.6. The Labute approximate surface area is 242 Å². The minimum atomic E-state index is -4.08. The summed E-state index contributed by atoms with van der Waals surface area (Å²) in [7, 11) is -4.08. The smallest absolute Gasteiger partial charge is 0.264 e. The summed E-state index contributed by atoms with van der Waals surface area (Å²) in [5.74, 6) is -0.721. The number of halogens is 1. The van der Waals surface area contributed by atoms with Crippen molar-refractivity contribution in [3.63, 3.8) is 0 Å². The van der Waals surface area contributed by atoms with E-state index < -0.39 is 28.5 Å². The summed E-state index contributed by atoms with van der Waals surface area (Å²) in [4.78, 5) is 29.2. The molecule has 0 saturated heterocycles. The van der Waals surface area contributed by atoms with Gasteiger partial charge in [0.05, 0.1) is 10.6 Å². The number of nitrogens with zero attached hydrogens (tertiary/aromatic N) is 2. The largest absolute Gasteiger partial charge is 0.352 e. The average molecular weight is 582 g/mol. The lowest BCUT2D eigenvalue weighted by atomic mass is 9.95. The molecular formula is C31H36ClN3O4S. The van der Waals surface area contributed by atoms with Crippen LogP contribution in [0.5, 0.6) is 0 Å². The van der Waals surface area contributed by atoms with Crippen LogP contribution >= 0.6 is 11.6 Å². The molecule has 0 aromatic heterocycles. The predicted molar refractivity (Wildman–Crippen MR) is 159 cm³/mol. The molecule has 3 aromatic rings. The SMILES string of the molecule is CC[C@H](C(=O)NC1CCCCC1)N(Cc1ccccc1Cl)C(=O)CN(c1ccccc1)S(=O)(=O)c1ccccc1. The van der Waals surface area contributed by atoms with Gasteiger partial charge in [0.25, 0.3) is 10.0 Å². The van der Waals surface area contributed by atoms with Crippen molar-refractivity contribution in [3.05, 3.63) is 95.5 Å². The van der Waals surface area contributed by atoms with Crippen molar-refractivity contribution in [3.8, 4) is 0 Å². The number of para-hydroxylation sites is 1. The van der Waals surface area contributed by atoms with Crippen LogP contribution < -0.4 is 9.62 Å². The Morgan fingerprint density at radius 2 is 1.50 bits per heavy atom. The number of nitrogens with one attached hydrogen (secondary N) is 1. The lowest BCUT2D eigenvalue weighted by Gasteiger charge is -2.34. The summed E-state index contributed by atoms with van der Waals surface area (Å²) in [6.07, 6.45) is 5.48. The van der Waals surface area contributed by atoms with E-state index in [0.29, 0.717) is 22.7 Å². The normalized spacial score (nSPS) is 14.8. The van der Waals surface area contributed by atoms with Crippen LogP contribution in [0.15, 0.2) is 89.8 Å². The van der Waals surface area contributed by atoms with Crippen molar-refractivity contribution in [2.75, 3.05) is 10.8 Å². The van der Waals surface area contributed by atoms with Gasteiger partial charge in [0.2, 0.25) is 11.8 Å². The van der Waals surface area contributed by atoms with Gasteiger partial charge in [-0.3, -0.25) is 13.9 Å². The Bertz CT molecular complexity index is 1380. The topological polar surface area (TPSA) is 86.8 Å². The molecule has 1 aliphatic carbocycles. The van der Waals surface area contributed by atoms with Crippen LogP contribution in [-0.2, 0) is 26.2 Å². The van der Waals surface area contributed by atoms with Gasteiger partial charge in [-0.05, 0) is 55.2 Å². The Hall–Kier alpha value is -3.36. The van der Waals surface area contributed by atoms with Crippen molar-refractivity contribution in [2.45, 2.75) is 69.0 Å². The third kappa shape index (κ3) is 7.23. The number of carbonyl (C=O) groups excluding carboxylic acids is 2. The third-order valence-electron chi connectivity index (χ3n) is 7.29. The molecule has 1 N–H and O–H groups in total. The lowest BCUT2D eigenvalue weighted by molar-refractivity contribution is -0.140. The summed E-state index contributed by atoms with van der Waals surface area (Å²) < 4.78 is 28.7. The molecule has 2 amide bonds. The van der Waals surface area contributed by atoms with Crippen LogP contribution in [0.2, 0.25) is 5.02 Å². The molecule has 0 aliphatic heterocycles. The highest BCUT2D eigenvalue weighted by Gasteiger charge is 2.34. The molecule has 1 atom stereocenters. The minimum absolute atomic E-state index is 0.0725. The maximum atomic E-state index is 14.1. The zero-order valence-corrected chi connectivity index (χ0v) is 24.3. The molecule has 212 valence electrons. The Balaban J connectivity index is 1.68. The molecule has 40 heavy (non-hydrogen) atoms. The van der Waals surface area contributed by atoms with Crippen molar-refractivity contribution >= 4 is 39.1 Å². The van der Waals surface area contributed by atoms with Gasteiger partial charge < -0.3 is 10.2 Å². The highest BCUT2D eigenvalue weighted by Crippen LogP contribution is 2.26. The van der Waals surface area contributed by atoms with E-state index in [1.54, 1.807) is 60.7 Å². The molecule has 4 rings (SSSR count). The molecule has 0 bridgehead atoms. The van der Waals surface area contributed by atoms with Gasteiger partial charge in [0, 0.05) is 17.6 Å². The van der Waals surface area contributed by atoms with Crippen LogP contribution in [0.25, 0.3) is 0 Å². The summed E-state index contributed by atoms with van der Waals surface area (Å²) in [6.45, 7) is 1.45. The highest BCUT2D eigenvalue weighted by atomic mass is 35.5. The molecule has 0 unspecified atom stereocenters. The maximum Gasteiger partial charge on any atom is 0.264 e. The molecule has 9 heteroatoms. The fourth-order valence-electron chi connectivity index (χ4n) is 5.12. The molecule has 1 aliphatic rings. The monoisotopic (exact) mass is 581 g/mol. The number of hydrogen-bond acceptors (Lipinski definition) is 4. The van der Waals surface area contributed by atoms with E-state index in [0.717, 1.165) is 36.4 Å². The van der Waals surface area contributed by atoms with Crippen molar-refractivity contribution < 1.29 is 18.0 Å². The van der Waals surface area contributed by atoms with Gasteiger partial charge in [-0.25, -0.2) is 8.42 Å². The summed E-state index contributed by atoms with van der Waals surface area (Å²) in [6, 6.07) is 23.0. The number of amides is 2. The molecule has 7 nitrogen and oxygen atoms in total. The fourth-order valence-corrected chi connectivity index (χ4v) is 6.75. The van der Waals surface area contributed by atoms with E-state index in [4.69, 9.17) is 11.6 Å². The molecular weight excluding hydrogens is 546 g/mol. The minimum Gasteiger partial charge on any atom is -0.352 e. The second kappa shape index (κ2) is 13.8. The van der Waals surface area contributed by atoms with Gasteiger partial charge in [-0.2, -0.15) is 0 Å². The number of benzene rings is 3. The first-order valence-electron chi connectivity index (χ1n) is 13.8. The Kier molecular flexibility index (Phi) is 10.2. The number of hydrogen-bond donors (Lipinski definition) is 1. The van der Waals surface area contributed by atoms with E-state index in [-0.39, 0.29) is 23.4 Å². The third-order valence-corrected chi connectivity index (χ3v) is 9.45. The predicted octanol–water partition coefficient (Wildman–Crippen LogP) is 5.79. The zero-order chi connectivity index (χ0) is 28.5. The molecule has 0 heterocycles. The van der Waals surface area contributed by atoms with Crippen molar-refractivity contribution in [1.82, 2.24) is 10.2 Å². The van der Waals surface area contributed by atoms with Gasteiger partial charge in [0.15, 0.2) is 0 Å². The fraction of sp³-hybridized carbons (Fsp3) is 0.355. The van der Waals surface area contributed by atoms with E-state index in [2.05, 4.69) is 5.32 Å². The number of rotatable bonds is 11. The van der Waals surface area contributed by atoms with Crippen LogP contribution in [0, 0.1) is 0 Å². The summed E-state index contributed by atoms with van der Waals surface area (Å²) in [5.41, 5.74) is 1.04. The van der Waals surface area contributed by atoms with E-state index in [9.17, 15) is 18.0 Å². The highest BCUT2D eigenvalue weighted by molar-refractivity contribution is 7.92. The van der Waals surface area contributed by atoms with Crippen molar-refractivity contribution in [2.24, 2.45) is 0 Å². The molecule has 0 spiro atoms. The van der Waals surface area contributed by atoms with Gasteiger partial charge >= 0.3 is 0 Å². The number of sulfonamides is 1. The molecule has 1 saturated carbocycles. The maximum absolute atomic E-state index is 14.1. The average Bonchev–Trinajstić information content (AvgIpc) is 2.98. The first-order valence-corrected chi connectivity index (χ1v) is 15.6. The van der Waals surface area contributed by atoms with E-state index >= 15 is 0 Å². The van der Waals surface area contributed by atoms with Crippen LogP contribution in [0.1, 0.15) is 51.0 Å². The zero-order valence-electron chi connectivity index (χ0n) is 22.7.